The van der Waals surface area contributed by atoms with Gasteiger partial charge in [-0.2, -0.15) is 0 Å². The standard InChI is InChI=1S/C17H16BrNO2/c1-11-3-5-12(6-4-11)16-15(18)17(20)19(16)13-7-9-14(21-2)10-8-13/h3-10,15-16H,1-2H3/t15-,16+/m1/s1. The van der Waals surface area contributed by atoms with E-state index in [2.05, 4.69) is 47.1 Å². The number of anilines is 1. The molecule has 0 N–H and O–H groups in total. The van der Waals surface area contributed by atoms with Crippen LogP contribution in [0.3, 0.4) is 0 Å². The number of carbonyl (C=O) groups excluding carboxylic acids is 1. The van der Waals surface area contributed by atoms with Crippen molar-refractivity contribution in [3.8, 4) is 5.75 Å². The van der Waals surface area contributed by atoms with E-state index in [9.17, 15) is 4.79 Å². The van der Waals surface area contributed by atoms with Gasteiger partial charge in [-0.3, -0.25) is 4.79 Å². The van der Waals surface area contributed by atoms with Crippen molar-refractivity contribution in [1.82, 2.24) is 0 Å². The van der Waals surface area contributed by atoms with E-state index in [1.807, 2.05) is 29.2 Å². The second kappa shape index (κ2) is 5.53. The number of carbonyl (C=O) groups is 1. The lowest BCUT2D eigenvalue weighted by Gasteiger charge is -2.45. The zero-order valence-corrected chi connectivity index (χ0v) is 13.5. The van der Waals surface area contributed by atoms with E-state index in [-0.39, 0.29) is 16.8 Å². The average Bonchev–Trinajstić information content (AvgIpc) is 2.53. The lowest BCUT2D eigenvalue weighted by atomic mass is 9.92. The van der Waals surface area contributed by atoms with Crippen molar-refractivity contribution in [3.63, 3.8) is 0 Å². The summed E-state index contributed by atoms with van der Waals surface area (Å²) < 4.78 is 5.16. The summed E-state index contributed by atoms with van der Waals surface area (Å²) in [5.41, 5.74) is 3.24. The molecule has 0 aromatic heterocycles. The van der Waals surface area contributed by atoms with E-state index < -0.39 is 0 Å². The fraction of sp³-hybridized carbons (Fsp3) is 0.235. The van der Waals surface area contributed by atoms with Crippen LogP contribution in [0, 0.1) is 6.92 Å². The van der Waals surface area contributed by atoms with Crippen LogP contribution >= 0.6 is 15.9 Å². The third kappa shape index (κ3) is 2.44. The maximum absolute atomic E-state index is 12.2. The molecule has 2 aromatic carbocycles. The molecule has 0 spiro atoms. The van der Waals surface area contributed by atoms with Crippen LogP contribution < -0.4 is 9.64 Å². The highest BCUT2D eigenvalue weighted by molar-refractivity contribution is 9.10. The fourth-order valence-corrected chi connectivity index (χ4v) is 3.33. The van der Waals surface area contributed by atoms with Gasteiger partial charge in [0.15, 0.2) is 0 Å². The number of ether oxygens (including phenoxy) is 1. The van der Waals surface area contributed by atoms with Gasteiger partial charge < -0.3 is 9.64 Å². The van der Waals surface area contributed by atoms with Crippen LogP contribution in [-0.4, -0.2) is 17.8 Å². The Morgan fingerprint density at radius 1 is 1.05 bits per heavy atom. The Morgan fingerprint density at radius 3 is 2.24 bits per heavy atom. The Kier molecular flexibility index (Phi) is 3.72. The highest BCUT2D eigenvalue weighted by Crippen LogP contribution is 2.43. The molecule has 21 heavy (non-hydrogen) atoms. The SMILES string of the molecule is COc1ccc(N2C(=O)[C@H](Br)[C@@H]2c2ccc(C)cc2)cc1. The number of rotatable bonds is 3. The summed E-state index contributed by atoms with van der Waals surface area (Å²) in [5.74, 6) is 0.875. The fourth-order valence-electron chi connectivity index (χ4n) is 2.57. The minimum Gasteiger partial charge on any atom is -0.497 e. The molecule has 1 aliphatic rings. The van der Waals surface area contributed by atoms with Gasteiger partial charge in [0.25, 0.3) is 0 Å². The number of β-lactam (4-membered cyclic amide) rings is 1. The van der Waals surface area contributed by atoms with Gasteiger partial charge in [0, 0.05) is 5.69 Å². The van der Waals surface area contributed by atoms with Gasteiger partial charge in [0.05, 0.1) is 13.2 Å². The number of amides is 1. The molecular formula is C17H16BrNO2. The maximum Gasteiger partial charge on any atom is 0.243 e. The Morgan fingerprint density at radius 2 is 1.67 bits per heavy atom. The number of alkyl halides is 1. The lowest BCUT2D eigenvalue weighted by molar-refractivity contribution is -0.123. The molecule has 1 saturated heterocycles. The van der Waals surface area contributed by atoms with Crippen molar-refractivity contribution >= 4 is 27.5 Å². The molecular weight excluding hydrogens is 330 g/mol. The first-order valence-corrected chi connectivity index (χ1v) is 7.71. The van der Waals surface area contributed by atoms with Crippen LogP contribution in [0.4, 0.5) is 5.69 Å². The molecule has 2 atom stereocenters. The molecule has 0 bridgehead atoms. The summed E-state index contributed by atoms with van der Waals surface area (Å²) in [5, 5.41) is 0. The number of hydrogen-bond donors (Lipinski definition) is 0. The van der Waals surface area contributed by atoms with Gasteiger partial charge >= 0.3 is 0 Å². The minimum atomic E-state index is -0.165. The van der Waals surface area contributed by atoms with Gasteiger partial charge in [0.1, 0.15) is 10.6 Å². The van der Waals surface area contributed by atoms with E-state index in [0.29, 0.717) is 0 Å². The predicted octanol–water partition coefficient (Wildman–Crippen LogP) is 3.86. The Hall–Kier alpha value is -1.81. The molecule has 3 nitrogen and oxygen atoms in total. The molecule has 1 fully saturated rings. The van der Waals surface area contributed by atoms with Crippen LogP contribution in [0.15, 0.2) is 48.5 Å². The normalized spacial score (nSPS) is 21.1. The molecule has 108 valence electrons. The molecule has 0 aliphatic carbocycles. The number of aryl methyl sites for hydroxylation is 1. The van der Waals surface area contributed by atoms with Gasteiger partial charge in [-0.1, -0.05) is 45.8 Å². The van der Waals surface area contributed by atoms with Gasteiger partial charge in [-0.15, -0.1) is 0 Å². The Balaban J connectivity index is 1.92. The van der Waals surface area contributed by atoms with E-state index in [0.717, 1.165) is 17.0 Å². The summed E-state index contributed by atoms with van der Waals surface area (Å²) in [6.07, 6.45) is 0. The van der Waals surface area contributed by atoms with Crippen molar-refractivity contribution in [3.05, 3.63) is 59.7 Å². The van der Waals surface area contributed by atoms with E-state index in [1.54, 1.807) is 7.11 Å². The molecule has 3 rings (SSSR count). The third-order valence-electron chi connectivity index (χ3n) is 3.80. The Bertz CT molecular complexity index is 651. The molecule has 1 aliphatic heterocycles. The van der Waals surface area contributed by atoms with Crippen LogP contribution in [0.25, 0.3) is 0 Å². The first-order valence-electron chi connectivity index (χ1n) is 6.79. The molecule has 4 heteroatoms. The quantitative estimate of drug-likeness (QED) is 0.624. The van der Waals surface area contributed by atoms with Crippen molar-refractivity contribution in [1.29, 1.82) is 0 Å². The average molecular weight is 346 g/mol. The van der Waals surface area contributed by atoms with Crippen molar-refractivity contribution in [2.45, 2.75) is 17.8 Å². The molecule has 1 amide bonds. The Labute approximate surface area is 132 Å². The zero-order valence-electron chi connectivity index (χ0n) is 11.9. The topological polar surface area (TPSA) is 29.5 Å². The summed E-state index contributed by atoms with van der Waals surface area (Å²) in [6.45, 7) is 2.06. The molecule has 1 heterocycles. The molecule has 2 aromatic rings. The summed E-state index contributed by atoms with van der Waals surface area (Å²) in [6, 6.07) is 15.9. The highest BCUT2D eigenvalue weighted by atomic mass is 79.9. The molecule has 0 saturated carbocycles. The highest BCUT2D eigenvalue weighted by Gasteiger charge is 2.47. The van der Waals surface area contributed by atoms with Crippen LogP contribution in [0.1, 0.15) is 17.2 Å². The van der Waals surface area contributed by atoms with Crippen LogP contribution in [0.2, 0.25) is 0 Å². The summed E-state index contributed by atoms with van der Waals surface area (Å²) in [7, 11) is 1.63. The van der Waals surface area contributed by atoms with Crippen molar-refractivity contribution in [2.75, 3.05) is 12.0 Å². The number of methoxy groups -OCH3 is 1. The molecule has 0 radical (unpaired) electrons. The lowest BCUT2D eigenvalue weighted by Crippen LogP contribution is -2.56. The number of benzene rings is 2. The van der Waals surface area contributed by atoms with Crippen molar-refractivity contribution in [2.24, 2.45) is 0 Å². The first-order chi connectivity index (χ1) is 10.1. The van der Waals surface area contributed by atoms with Crippen molar-refractivity contribution < 1.29 is 9.53 Å². The van der Waals surface area contributed by atoms with Gasteiger partial charge in [0.2, 0.25) is 5.91 Å². The van der Waals surface area contributed by atoms with E-state index in [1.165, 1.54) is 5.56 Å². The number of halogens is 1. The second-order valence-corrected chi connectivity index (χ2v) is 6.15. The largest absolute Gasteiger partial charge is 0.497 e. The summed E-state index contributed by atoms with van der Waals surface area (Å²) >= 11 is 3.50. The monoisotopic (exact) mass is 345 g/mol. The summed E-state index contributed by atoms with van der Waals surface area (Å²) in [4.78, 5) is 13.9. The third-order valence-corrected chi connectivity index (χ3v) is 4.69. The number of hydrogen-bond acceptors (Lipinski definition) is 2. The maximum atomic E-state index is 12.2. The van der Waals surface area contributed by atoms with Gasteiger partial charge in [-0.25, -0.2) is 0 Å². The smallest absolute Gasteiger partial charge is 0.243 e. The van der Waals surface area contributed by atoms with E-state index >= 15 is 0 Å². The zero-order chi connectivity index (χ0) is 15.0. The van der Waals surface area contributed by atoms with E-state index in [4.69, 9.17) is 4.74 Å². The predicted molar refractivity (Wildman–Crippen MR) is 87.1 cm³/mol. The van der Waals surface area contributed by atoms with Crippen LogP contribution in [-0.2, 0) is 4.79 Å². The first kappa shape index (κ1) is 14.1. The minimum absolute atomic E-state index is 0.0338. The van der Waals surface area contributed by atoms with Crippen LogP contribution in [0.5, 0.6) is 5.75 Å². The second-order valence-electron chi connectivity index (χ2n) is 5.16. The van der Waals surface area contributed by atoms with Gasteiger partial charge in [-0.05, 0) is 36.8 Å². The number of nitrogens with zero attached hydrogens (tertiary/aromatic N) is 1. The molecule has 0 unspecified atom stereocenters.